The second kappa shape index (κ2) is 5.70. The number of rotatable bonds is 6. The number of hydrogen-bond donors (Lipinski definition) is 1. The summed E-state index contributed by atoms with van der Waals surface area (Å²) in [6.45, 7) is 3.31. The molecule has 0 radical (unpaired) electrons. The first-order valence-corrected chi connectivity index (χ1v) is 6.66. The molecule has 1 aromatic carbocycles. The van der Waals surface area contributed by atoms with E-state index < -0.39 is 0 Å². The van der Waals surface area contributed by atoms with E-state index in [2.05, 4.69) is 24.4 Å². The zero-order chi connectivity index (χ0) is 11.4. The van der Waals surface area contributed by atoms with Crippen molar-refractivity contribution in [2.24, 2.45) is 5.92 Å². The van der Waals surface area contributed by atoms with Gasteiger partial charge in [0.15, 0.2) is 0 Å². The molecule has 1 atom stereocenters. The van der Waals surface area contributed by atoms with Crippen LogP contribution in [0.2, 0.25) is 5.02 Å². The van der Waals surface area contributed by atoms with Crippen LogP contribution in [0.3, 0.4) is 0 Å². The second-order valence-corrected chi connectivity index (χ2v) is 5.05. The van der Waals surface area contributed by atoms with Gasteiger partial charge in [0.25, 0.3) is 0 Å². The summed E-state index contributed by atoms with van der Waals surface area (Å²) in [6.07, 6.45) is 5.10. The molecule has 1 aliphatic carbocycles. The molecular formula is C14H20ClN. The van der Waals surface area contributed by atoms with Crippen LogP contribution >= 0.6 is 11.6 Å². The lowest BCUT2D eigenvalue weighted by Crippen LogP contribution is -2.32. The van der Waals surface area contributed by atoms with Crippen LogP contribution in [0, 0.1) is 5.92 Å². The number of benzene rings is 1. The summed E-state index contributed by atoms with van der Waals surface area (Å²) in [5.41, 5.74) is 1.25. The van der Waals surface area contributed by atoms with Crippen LogP contribution in [0.1, 0.15) is 31.7 Å². The molecule has 1 saturated carbocycles. The zero-order valence-electron chi connectivity index (χ0n) is 9.88. The third-order valence-electron chi connectivity index (χ3n) is 3.39. The molecule has 2 heteroatoms. The van der Waals surface area contributed by atoms with Crippen molar-refractivity contribution in [1.29, 1.82) is 0 Å². The number of nitrogens with one attached hydrogen (secondary N) is 1. The van der Waals surface area contributed by atoms with Crippen molar-refractivity contribution in [3.05, 3.63) is 34.9 Å². The van der Waals surface area contributed by atoms with Crippen LogP contribution in [-0.4, -0.2) is 12.6 Å². The molecule has 0 saturated heterocycles. The fourth-order valence-electron chi connectivity index (χ4n) is 2.24. The van der Waals surface area contributed by atoms with Crippen molar-refractivity contribution in [2.75, 3.05) is 6.54 Å². The van der Waals surface area contributed by atoms with E-state index in [0.717, 1.165) is 29.9 Å². The first-order chi connectivity index (χ1) is 7.81. The summed E-state index contributed by atoms with van der Waals surface area (Å²) >= 11 is 6.12. The lowest BCUT2D eigenvalue weighted by molar-refractivity contribution is 0.453. The van der Waals surface area contributed by atoms with Gasteiger partial charge in [0.2, 0.25) is 0 Å². The number of hydrogen-bond acceptors (Lipinski definition) is 1. The van der Waals surface area contributed by atoms with Crippen molar-refractivity contribution < 1.29 is 0 Å². The van der Waals surface area contributed by atoms with Crippen LogP contribution in [0.25, 0.3) is 0 Å². The maximum absolute atomic E-state index is 6.12. The van der Waals surface area contributed by atoms with E-state index in [1.54, 1.807) is 0 Å². The summed E-state index contributed by atoms with van der Waals surface area (Å²) in [5.74, 6) is 0.941. The molecule has 1 aromatic rings. The summed E-state index contributed by atoms with van der Waals surface area (Å²) in [5, 5.41) is 4.54. The Hall–Kier alpha value is -0.530. The van der Waals surface area contributed by atoms with E-state index in [1.165, 1.54) is 24.8 Å². The minimum atomic E-state index is 0.725. The van der Waals surface area contributed by atoms with Crippen LogP contribution in [0.5, 0.6) is 0 Å². The van der Waals surface area contributed by atoms with E-state index in [9.17, 15) is 0 Å². The van der Waals surface area contributed by atoms with Crippen LogP contribution in [0.15, 0.2) is 24.3 Å². The van der Waals surface area contributed by atoms with E-state index >= 15 is 0 Å². The summed E-state index contributed by atoms with van der Waals surface area (Å²) in [7, 11) is 0. The highest BCUT2D eigenvalue weighted by Gasteiger charge is 2.29. The zero-order valence-corrected chi connectivity index (χ0v) is 10.6. The van der Waals surface area contributed by atoms with Crippen molar-refractivity contribution in [3.63, 3.8) is 0 Å². The molecule has 2 rings (SSSR count). The lowest BCUT2D eigenvalue weighted by Gasteiger charge is -2.16. The SMILES string of the molecule is CCC(NCCc1ccccc1Cl)C1CC1. The van der Waals surface area contributed by atoms with Gasteiger partial charge in [-0.15, -0.1) is 0 Å². The molecule has 0 heterocycles. The fourth-order valence-corrected chi connectivity index (χ4v) is 2.47. The van der Waals surface area contributed by atoms with Gasteiger partial charge in [-0.1, -0.05) is 36.7 Å². The first kappa shape index (κ1) is 11.9. The van der Waals surface area contributed by atoms with Gasteiger partial charge in [-0.05, 0) is 49.8 Å². The third-order valence-corrected chi connectivity index (χ3v) is 3.76. The molecule has 88 valence electrons. The largest absolute Gasteiger partial charge is 0.313 e. The Morgan fingerprint density at radius 1 is 1.38 bits per heavy atom. The van der Waals surface area contributed by atoms with E-state index in [4.69, 9.17) is 11.6 Å². The van der Waals surface area contributed by atoms with Crippen molar-refractivity contribution in [2.45, 2.75) is 38.6 Å². The summed E-state index contributed by atoms with van der Waals surface area (Å²) in [6, 6.07) is 8.84. The van der Waals surface area contributed by atoms with E-state index in [1.807, 2.05) is 12.1 Å². The molecule has 0 aromatic heterocycles. The Morgan fingerprint density at radius 2 is 2.12 bits per heavy atom. The van der Waals surface area contributed by atoms with Gasteiger partial charge in [-0.2, -0.15) is 0 Å². The monoisotopic (exact) mass is 237 g/mol. The fraction of sp³-hybridized carbons (Fsp3) is 0.571. The second-order valence-electron chi connectivity index (χ2n) is 4.65. The first-order valence-electron chi connectivity index (χ1n) is 6.28. The Morgan fingerprint density at radius 3 is 2.75 bits per heavy atom. The molecule has 0 spiro atoms. The van der Waals surface area contributed by atoms with Gasteiger partial charge >= 0.3 is 0 Å². The molecule has 1 nitrogen and oxygen atoms in total. The molecule has 0 aliphatic heterocycles. The molecular weight excluding hydrogens is 218 g/mol. The Bertz CT molecular complexity index is 333. The predicted molar refractivity (Wildman–Crippen MR) is 70.0 cm³/mol. The number of halogens is 1. The van der Waals surface area contributed by atoms with Gasteiger partial charge in [0.1, 0.15) is 0 Å². The Kier molecular flexibility index (Phi) is 4.25. The topological polar surface area (TPSA) is 12.0 Å². The predicted octanol–water partition coefficient (Wildman–Crippen LogP) is 3.66. The lowest BCUT2D eigenvalue weighted by atomic mass is 10.1. The average Bonchev–Trinajstić information content (AvgIpc) is 3.11. The molecule has 1 aliphatic rings. The standard InChI is InChI=1S/C14H20ClN/c1-2-14(12-7-8-12)16-10-9-11-5-3-4-6-13(11)15/h3-6,12,14,16H,2,7-10H2,1H3. The minimum Gasteiger partial charge on any atom is -0.313 e. The van der Waals surface area contributed by atoms with Gasteiger partial charge in [-0.25, -0.2) is 0 Å². The molecule has 1 unspecified atom stereocenters. The summed E-state index contributed by atoms with van der Waals surface area (Å²) < 4.78 is 0. The van der Waals surface area contributed by atoms with Crippen molar-refractivity contribution >= 4 is 11.6 Å². The van der Waals surface area contributed by atoms with Crippen LogP contribution < -0.4 is 5.32 Å². The van der Waals surface area contributed by atoms with Gasteiger partial charge in [-0.3, -0.25) is 0 Å². The maximum atomic E-state index is 6.12. The van der Waals surface area contributed by atoms with Gasteiger partial charge in [0.05, 0.1) is 0 Å². The Labute approximate surface area is 103 Å². The van der Waals surface area contributed by atoms with Crippen molar-refractivity contribution in [1.82, 2.24) is 5.32 Å². The average molecular weight is 238 g/mol. The van der Waals surface area contributed by atoms with Crippen molar-refractivity contribution in [3.8, 4) is 0 Å². The molecule has 0 bridgehead atoms. The van der Waals surface area contributed by atoms with E-state index in [-0.39, 0.29) is 0 Å². The highest BCUT2D eigenvalue weighted by molar-refractivity contribution is 6.31. The molecule has 1 fully saturated rings. The maximum Gasteiger partial charge on any atom is 0.0438 e. The van der Waals surface area contributed by atoms with Gasteiger partial charge < -0.3 is 5.32 Å². The highest BCUT2D eigenvalue weighted by atomic mass is 35.5. The minimum absolute atomic E-state index is 0.725. The summed E-state index contributed by atoms with van der Waals surface area (Å²) in [4.78, 5) is 0. The van der Waals surface area contributed by atoms with E-state index in [0.29, 0.717) is 0 Å². The van der Waals surface area contributed by atoms with Crippen LogP contribution in [-0.2, 0) is 6.42 Å². The molecule has 1 N–H and O–H groups in total. The quantitative estimate of drug-likeness (QED) is 0.796. The highest BCUT2D eigenvalue weighted by Crippen LogP contribution is 2.33. The molecule has 0 amide bonds. The van der Waals surface area contributed by atoms with Gasteiger partial charge in [0, 0.05) is 11.1 Å². The Balaban J connectivity index is 1.77. The molecule has 16 heavy (non-hydrogen) atoms. The normalized spacial score (nSPS) is 17.4. The third kappa shape index (κ3) is 3.23. The van der Waals surface area contributed by atoms with Crippen LogP contribution in [0.4, 0.5) is 0 Å². The smallest absolute Gasteiger partial charge is 0.0438 e.